The summed E-state index contributed by atoms with van der Waals surface area (Å²) >= 11 is 0. The van der Waals surface area contributed by atoms with Crippen molar-refractivity contribution in [1.82, 2.24) is 6.15 Å². The van der Waals surface area contributed by atoms with Crippen molar-refractivity contribution in [3.05, 3.63) is 0 Å². The lowest BCUT2D eigenvalue weighted by molar-refractivity contribution is -0.143. The lowest BCUT2D eigenvalue weighted by Crippen LogP contribution is -2.03. The van der Waals surface area contributed by atoms with Gasteiger partial charge in [-0.15, -0.1) is 0 Å². The van der Waals surface area contributed by atoms with Crippen LogP contribution in [0.15, 0.2) is 0 Å². The van der Waals surface area contributed by atoms with E-state index in [2.05, 4.69) is 0 Å². The summed E-state index contributed by atoms with van der Waals surface area (Å²) in [4.78, 5) is 21.2. The topological polar surface area (TPSA) is 98.6 Å². The van der Waals surface area contributed by atoms with E-state index in [1.54, 1.807) is 6.92 Å². The second kappa shape index (κ2) is 13.0. The maximum absolute atomic E-state index is 11.0. The quantitative estimate of drug-likeness (QED) is 0.457. The SMILES string of the molecule is CCOC(=O)CCCCCCCCC(=O)O.N. The molecule has 0 rings (SSSR count). The highest BCUT2D eigenvalue weighted by Gasteiger charge is 2.01. The van der Waals surface area contributed by atoms with Gasteiger partial charge in [0.25, 0.3) is 0 Å². The predicted molar refractivity (Wildman–Crippen MR) is 66.2 cm³/mol. The minimum Gasteiger partial charge on any atom is -0.481 e. The van der Waals surface area contributed by atoms with E-state index in [-0.39, 0.29) is 18.5 Å². The normalized spacial score (nSPS) is 9.47. The van der Waals surface area contributed by atoms with Crippen molar-refractivity contribution >= 4 is 11.9 Å². The maximum atomic E-state index is 11.0. The first-order valence-electron chi connectivity index (χ1n) is 6.04. The summed E-state index contributed by atoms with van der Waals surface area (Å²) in [6.07, 6.45) is 6.50. The van der Waals surface area contributed by atoms with Gasteiger partial charge in [0.2, 0.25) is 0 Å². The maximum Gasteiger partial charge on any atom is 0.305 e. The molecule has 0 spiro atoms. The van der Waals surface area contributed by atoms with Crippen LogP contribution in [0.5, 0.6) is 0 Å². The zero-order valence-corrected chi connectivity index (χ0v) is 10.7. The van der Waals surface area contributed by atoms with Crippen LogP contribution in [0.2, 0.25) is 0 Å². The van der Waals surface area contributed by atoms with Crippen LogP contribution in [0, 0.1) is 0 Å². The smallest absolute Gasteiger partial charge is 0.305 e. The standard InChI is InChI=1S/C12H22O4.H3N/c1-2-16-12(15)10-8-6-4-3-5-7-9-11(13)14;/h2-10H2,1H3,(H,13,14);1H3. The van der Waals surface area contributed by atoms with Crippen molar-refractivity contribution < 1.29 is 19.4 Å². The second-order valence-electron chi connectivity index (χ2n) is 3.82. The minimum absolute atomic E-state index is 0. The van der Waals surface area contributed by atoms with Crippen LogP contribution in [0.4, 0.5) is 0 Å². The molecule has 17 heavy (non-hydrogen) atoms. The van der Waals surface area contributed by atoms with E-state index in [9.17, 15) is 9.59 Å². The largest absolute Gasteiger partial charge is 0.481 e. The average molecular weight is 247 g/mol. The third-order valence-corrected chi connectivity index (χ3v) is 2.33. The zero-order chi connectivity index (χ0) is 12.2. The Hall–Kier alpha value is -1.10. The van der Waals surface area contributed by atoms with Crippen LogP contribution in [-0.4, -0.2) is 23.7 Å². The molecule has 0 aromatic heterocycles. The first-order valence-corrected chi connectivity index (χ1v) is 6.04. The van der Waals surface area contributed by atoms with E-state index >= 15 is 0 Å². The van der Waals surface area contributed by atoms with Crippen molar-refractivity contribution in [3.63, 3.8) is 0 Å². The molecule has 0 bridgehead atoms. The third kappa shape index (κ3) is 14.9. The van der Waals surface area contributed by atoms with Gasteiger partial charge in [-0.3, -0.25) is 9.59 Å². The Balaban J connectivity index is 0. The molecule has 0 unspecified atom stereocenters. The van der Waals surface area contributed by atoms with Gasteiger partial charge >= 0.3 is 11.9 Å². The number of hydrogen-bond acceptors (Lipinski definition) is 4. The van der Waals surface area contributed by atoms with Gasteiger partial charge in [0.05, 0.1) is 6.61 Å². The molecule has 5 nitrogen and oxygen atoms in total. The van der Waals surface area contributed by atoms with Crippen molar-refractivity contribution in [2.75, 3.05) is 6.61 Å². The first-order chi connectivity index (χ1) is 7.66. The molecule has 4 N–H and O–H groups in total. The summed E-state index contributed by atoms with van der Waals surface area (Å²) in [7, 11) is 0. The molecule has 0 aromatic carbocycles. The van der Waals surface area contributed by atoms with Gasteiger partial charge in [0, 0.05) is 12.8 Å². The van der Waals surface area contributed by atoms with Crippen LogP contribution in [-0.2, 0) is 14.3 Å². The van der Waals surface area contributed by atoms with Gasteiger partial charge in [-0.25, -0.2) is 0 Å². The van der Waals surface area contributed by atoms with Gasteiger partial charge in [0.15, 0.2) is 0 Å². The van der Waals surface area contributed by atoms with Gasteiger partial charge in [-0.05, 0) is 19.8 Å². The highest BCUT2D eigenvalue weighted by Crippen LogP contribution is 2.08. The number of carbonyl (C=O) groups is 2. The third-order valence-electron chi connectivity index (χ3n) is 2.33. The Kier molecular flexibility index (Phi) is 13.9. The van der Waals surface area contributed by atoms with Crippen LogP contribution >= 0.6 is 0 Å². The summed E-state index contributed by atoms with van der Waals surface area (Å²) < 4.78 is 4.81. The number of ether oxygens (including phenoxy) is 1. The molecule has 0 aromatic rings. The molecule has 0 aliphatic rings. The molecule has 0 saturated carbocycles. The van der Waals surface area contributed by atoms with E-state index in [1.165, 1.54) is 0 Å². The summed E-state index contributed by atoms with van der Waals surface area (Å²) in [5, 5.41) is 8.41. The summed E-state index contributed by atoms with van der Waals surface area (Å²) in [5.41, 5.74) is 0. The van der Waals surface area contributed by atoms with E-state index in [0.717, 1.165) is 38.5 Å². The Morgan fingerprint density at radius 2 is 1.41 bits per heavy atom. The number of carboxylic acids is 1. The zero-order valence-electron chi connectivity index (χ0n) is 10.7. The molecule has 0 aliphatic carbocycles. The highest BCUT2D eigenvalue weighted by atomic mass is 16.5. The van der Waals surface area contributed by atoms with Crippen LogP contribution in [0.1, 0.15) is 58.3 Å². The Bertz CT molecular complexity index is 207. The van der Waals surface area contributed by atoms with Crippen molar-refractivity contribution in [3.8, 4) is 0 Å². The molecule has 0 heterocycles. The van der Waals surface area contributed by atoms with Gasteiger partial charge < -0.3 is 16.0 Å². The number of hydrogen-bond donors (Lipinski definition) is 2. The molecular weight excluding hydrogens is 222 g/mol. The van der Waals surface area contributed by atoms with E-state index in [4.69, 9.17) is 9.84 Å². The lowest BCUT2D eigenvalue weighted by Gasteiger charge is -2.02. The summed E-state index contributed by atoms with van der Waals surface area (Å²) in [5.74, 6) is -0.837. The fourth-order valence-electron chi connectivity index (χ4n) is 1.49. The number of carbonyl (C=O) groups excluding carboxylic acids is 1. The molecule has 0 aliphatic heterocycles. The van der Waals surface area contributed by atoms with E-state index < -0.39 is 5.97 Å². The molecule has 0 saturated heterocycles. The number of unbranched alkanes of at least 4 members (excludes halogenated alkanes) is 5. The molecule has 5 heteroatoms. The Labute approximate surface area is 103 Å². The predicted octanol–water partition coefficient (Wildman–Crippen LogP) is 2.92. The summed E-state index contributed by atoms with van der Waals surface area (Å²) in [6.45, 7) is 2.26. The van der Waals surface area contributed by atoms with Crippen LogP contribution in [0.25, 0.3) is 0 Å². The minimum atomic E-state index is -0.720. The van der Waals surface area contributed by atoms with Crippen molar-refractivity contribution in [1.29, 1.82) is 0 Å². The van der Waals surface area contributed by atoms with Gasteiger partial charge in [0.1, 0.15) is 0 Å². The molecule has 0 amide bonds. The van der Waals surface area contributed by atoms with Crippen LogP contribution < -0.4 is 6.15 Å². The molecular formula is C12H25NO4. The Morgan fingerprint density at radius 1 is 0.941 bits per heavy atom. The molecule has 0 fully saturated rings. The van der Waals surface area contributed by atoms with Gasteiger partial charge in [-0.1, -0.05) is 25.7 Å². The number of esters is 1. The number of carboxylic acid groups (broad SMARTS) is 1. The number of rotatable bonds is 10. The molecule has 0 atom stereocenters. The van der Waals surface area contributed by atoms with Crippen molar-refractivity contribution in [2.45, 2.75) is 58.3 Å². The summed E-state index contributed by atoms with van der Waals surface area (Å²) in [6, 6.07) is 0. The highest BCUT2D eigenvalue weighted by molar-refractivity contribution is 5.69. The molecule has 102 valence electrons. The number of aliphatic carboxylic acids is 1. The average Bonchev–Trinajstić information content (AvgIpc) is 2.22. The monoisotopic (exact) mass is 247 g/mol. The van der Waals surface area contributed by atoms with Gasteiger partial charge in [-0.2, -0.15) is 0 Å². The van der Waals surface area contributed by atoms with Crippen molar-refractivity contribution in [2.24, 2.45) is 0 Å². The second-order valence-corrected chi connectivity index (χ2v) is 3.82. The fraction of sp³-hybridized carbons (Fsp3) is 0.833. The van der Waals surface area contributed by atoms with Crippen LogP contribution in [0.3, 0.4) is 0 Å². The molecule has 0 radical (unpaired) electrons. The lowest BCUT2D eigenvalue weighted by atomic mass is 10.1. The Morgan fingerprint density at radius 3 is 1.88 bits per heavy atom. The van der Waals surface area contributed by atoms with E-state index in [1.807, 2.05) is 0 Å². The fourth-order valence-corrected chi connectivity index (χ4v) is 1.49. The first kappa shape index (κ1) is 18.3. The van der Waals surface area contributed by atoms with E-state index in [0.29, 0.717) is 13.0 Å².